The van der Waals surface area contributed by atoms with Crippen molar-refractivity contribution >= 4 is 11.0 Å². The number of rotatable bonds is 4. The van der Waals surface area contributed by atoms with E-state index in [2.05, 4.69) is 21.1 Å². The highest BCUT2D eigenvalue weighted by molar-refractivity contribution is 5.92. The summed E-state index contributed by atoms with van der Waals surface area (Å²) in [7, 11) is 0. The van der Waals surface area contributed by atoms with Gasteiger partial charge < -0.3 is 4.98 Å². The Bertz CT molecular complexity index is 731. The molecule has 0 aliphatic rings. The largest absolute Gasteiger partial charge is 0.346 e. The summed E-state index contributed by atoms with van der Waals surface area (Å²) in [5, 5.41) is 14.0. The molecule has 0 radical (unpaired) electrons. The van der Waals surface area contributed by atoms with Crippen LogP contribution in [0.5, 0.6) is 0 Å². The fraction of sp³-hybridized carbons (Fsp3) is 0.214. The molecule has 0 aliphatic carbocycles. The summed E-state index contributed by atoms with van der Waals surface area (Å²) in [6.07, 6.45) is 8.94. The van der Waals surface area contributed by atoms with Crippen LogP contribution in [-0.4, -0.2) is 19.7 Å². The molecule has 0 bridgehead atoms. The van der Waals surface area contributed by atoms with E-state index in [1.165, 1.54) is 0 Å². The van der Waals surface area contributed by atoms with Crippen molar-refractivity contribution < 1.29 is 0 Å². The predicted octanol–water partition coefficient (Wildman–Crippen LogP) is 2.73. The average molecular weight is 251 g/mol. The quantitative estimate of drug-likeness (QED) is 0.725. The average Bonchev–Trinajstić information content (AvgIpc) is 3.07. The summed E-state index contributed by atoms with van der Waals surface area (Å²) in [5.41, 5.74) is 3.08. The second kappa shape index (κ2) is 4.94. The van der Waals surface area contributed by atoms with E-state index in [9.17, 15) is 0 Å². The van der Waals surface area contributed by atoms with E-state index < -0.39 is 0 Å². The Morgan fingerprint density at radius 1 is 1.37 bits per heavy atom. The van der Waals surface area contributed by atoms with Gasteiger partial charge in [-0.1, -0.05) is 0 Å². The van der Waals surface area contributed by atoms with Gasteiger partial charge in [0.05, 0.1) is 12.3 Å². The van der Waals surface area contributed by atoms with Crippen LogP contribution in [0.15, 0.2) is 36.9 Å². The summed E-state index contributed by atoms with van der Waals surface area (Å²) < 4.78 is 1.88. The second-order valence-corrected chi connectivity index (χ2v) is 4.35. The molecule has 3 heterocycles. The maximum absolute atomic E-state index is 8.53. The van der Waals surface area contributed by atoms with Crippen molar-refractivity contribution in [1.82, 2.24) is 19.7 Å². The monoisotopic (exact) mass is 251 g/mol. The molecule has 1 N–H and O–H groups in total. The molecule has 0 unspecified atom stereocenters. The Labute approximate surface area is 110 Å². The number of aromatic amines is 1. The topological polar surface area (TPSA) is 70.3 Å². The van der Waals surface area contributed by atoms with E-state index in [-0.39, 0.29) is 0 Å². The lowest BCUT2D eigenvalue weighted by Gasteiger charge is -1.99. The minimum atomic E-state index is 0.562. The number of unbranched alkanes of at least 4 members (excludes halogenated alkanes) is 1. The van der Waals surface area contributed by atoms with Crippen LogP contribution in [0.3, 0.4) is 0 Å². The summed E-state index contributed by atoms with van der Waals surface area (Å²) in [5.74, 6) is 0. The van der Waals surface area contributed by atoms with Crippen LogP contribution in [0.25, 0.3) is 22.2 Å². The molecule has 19 heavy (non-hydrogen) atoms. The number of nitriles is 1. The lowest BCUT2D eigenvalue weighted by Crippen LogP contribution is -1.97. The number of hydrogen-bond donors (Lipinski definition) is 1. The summed E-state index contributed by atoms with van der Waals surface area (Å²) in [4.78, 5) is 7.38. The highest BCUT2D eigenvalue weighted by atomic mass is 15.3. The van der Waals surface area contributed by atoms with Crippen molar-refractivity contribution in [1.29, 1.82) is 5.26 Å². The first kappa shape index (κ1) is 11.5. The fourth-order valence-corrected chi connectivity index (χ4v) is 2.16. The van der Waals surface area contributed by atoms with Gasteiger partial charge in [0.15, 0.2) is 0 Å². The second-order valence-electron chi connectivity index (χ2n) is 4.35. The third-order valence-corrected chi connectivity index (χ3v) is 3.08. The van der Waals surface area contributed by atoms with Crippen molar-refractivity contribution in [2.45, 2.75) is 19.4 Å². The molecule has 3 aromatic rings. The minimum absolute atomic E-state index is 0.562. The summed E-state index contributed by atoms with van der Waals surface area (Å²) in [6.45, 7) is 0.773. The van der Waals surface area contributed by atoms with E-state index in [1.807, 2.05) is 35.4 Å². The molecule has 0 spiro atoms. The fourth-order valence-electron chi connectivity index (χ4n) is 2.16. The molecule has 0 fully saturated rings. The maximum Gasteiger partial charge on any atom is 0.137 e. The zero-order valence-corrected chi connectivity index (χ0v) is 10.4. The van der Waals surface area contributed by atoms with Crippen LogP contribution < -0.4 is 0 Å². The molecule has 0 saturated heterocycles. The number of fused-ring (bicyclic) bond motifs is 1. The number of hydrogen-bond acceptors (Lipinski definition) is 3. The first-order chi connectivity index (χ1) is 9.38. The SMILES string of the molecule is N#CCCCn1cc(-c2ccnc3[nH]ccc23)cn1. The number of nitrogens with zero attached hydrogens (tertiary/aromatic N) is 4. The van der Waals surface area contributed by atoms with Gasteiger partial charge in [-0.05, 0) is 24.1 Å². The van der Waals surface area contributed by atoms with Gasteiger partial charge in [0, 0.05) is 42.5 Å². The number of pyridine rings is 1. The Balaban J connectivity index is 1.90. The lowest BCUT2D eigenvalue weighted by molar-refractivity contribution is 0.586. The number of H-pyrrole nitrogens is 1. The first-order valence-corrected chi connectivity index (χ1v) is 6.20. The van der Waals surface area contributed by atoms with E-state index >= 15 is 0 Å². The zero-order chi connectivity index (χ0) is 13.1. The summed E-state index contributed by atoms with van der Waals surface area (Å²) in [6, 6.07) is 6.16. The van der Waals surface area contributed by atoms with Gasteiger partial charge in [0.2, 0.25) is 0 Å². The van der Waals surface area contributed by atoms with Crippen LogP contribution in [0.4, 0.5) is 0 Å². The Morgan fingerprint density at radius 2 is 2.32 bits per heavy atom. The normalized spacial score (nSPS) is 10.7. The third-order valence-electron chi connectivity index (χ3n) is 3.08. The van der Waals surface area contributed by atoms with Crippen molar-refractivity contribution in [3.05, 3.63) is 36.9 Å². The number of aryl methyl sites for hydroxylation is 1. The first-order valence-electron chi connectivity index (χ1n) is 6.20. The van der Waals surface area contributed by atoms with Gasteiger partial charge in [-0.25, -0.2) is 4.98 Å². The molecule has 0 amide bonds. The van der Waals surface area contributed by atoms with Crippen LogP contribution in [0.1, 0.15) is 12.8 Å². The molecular weight excluding hydrogens is 238 g/mol. The number of aromatic nitrogens is 4. The molecule has 5 nitrogen and oxygen atoms in total. The predicted molar refractivity (Wildman–Crippen MR) is 72.2 cm³/mol. The Hall–Kier alpha value is -2.61. The Morgan fingerprint density at radius 3 is 3.21 bits per heavy atom. The molecule has 5 heteroatoms. The molecular formula is C14H13N5. The molecule has 3 rings (SSSR count). The number of nitrogens with one attached hydrogen (secondary N) is 1. The van der Waals surface area contributed by atoms with E-state index in [0.29, 0.717) is 6.42 Å². The highest BCUT2D eigenvalue weighted by Crippen LogP contribution is 2.26. The van der Waals surface area contributed by atoms with E-state index in [1.54, 1.807) is 6.20 Å². The third kappa shape index (κ3) is 2.20. The molecule has 0 aliphatic heterocycles. The molecule has 94 valence electrons. The van der Waals surface area contributed by atoms with Gasteiger partial charge in [-0.15, -0.1) is 0 Å². The lowest BCUT2D eigenvalue weighted by atomic mass is 10.1. The molecule has 0 aromatic carbocycles. The maximum atomic E-state index is 8.53. The summed E-state index contributed by atoms with van der Waals surface area (Å²) >= 11 is 0. The molecule has 0 saturated carbocycles. The molecule has 0 atom stereocenters. The van der Waals surface area contributed by atoms with Gasteiger partial charge in [0.25, 0.3) is 0 Å². The molecule has 3 aromatic heterocycles. The van der Waals surface area contributed by atoms with Crippen molar-refractivity contribution in [2.75, 3.05) is 0 Å². The van der Waals surface area contributed by atoms with Crippen LogP contribution in [0, 0.1) is 11.3 Å². The minimum Gasteiger partial charge on any atom is -0.346 e. The van der Waals surface area contributed by atoms with Crippen molar-refractivity contribution in [2.24, 2.45) is 0 Å². The standard InChI is InChI=1S/C14H13N5/c15-5-1-2-8-19-10-11(9-18-19)12-3-6-16-14-13(12)4-7-17-14/h3-4,6-7,9-10H,1-2,8H2,(H,16,17). The smallest absolute Gasteiger partial charge is 0.137 e. The van der Waals surface area contributed by atoms with Crippen molar-refractivity contribution in [3.8, 4) is 17.2 Å². The Kier molecular flexibility index (Phi) is 2.99. The highest BCUT2D eigenvalue weighted by Gasteiger charge is 2.07. The van der Waals surface area contributed by atoms with E-state index in [4.69, 9.17) is 5.26 Å². The van der Waals surface area contributed by atoms with Gasteiger partial charge in [-0.2, -0.15) is 10.4 Å². The van der Waals surface area contributed by atoms with Gasteiger partial charge in [-0.3, -0.25) is 4.68 Å². The van der Waals surface area contributed by atoms with Gasteiger partial charge >= 0.3 is 0 Å². The van der Waals surface area contributed by atoms with Crippen LogP contribution >= 0.6 is 0 Å². The van der Waals surface area contributed by atoms with Crippen molar-refractivity contribution in [3.63, 3.8) is 0 Å². The zero-order valence-electron chi connectivity index (χ0n) is 10.4. The van der Waals surface area contributed by atoms with Crippen LogP contribution in [-0.2, 0) is 6.54 Å². The van der Waals surface area contributed by atoms with Gasteiger partial charge in [0.1, 0.15) is 5.65 Å². The van der Waals surface area contributed by atoms with E-state index in [0.717, 1.165) is 35.1 Å². The van der Waals surface area contributed by atoms with Crippen LogP contribution in [0.2, 0.25) is 0 Å².